The van der Waals surface area contributed by atoms with Crippen molar-refractivity contribution in [2.45, 2.75) is 25.9 Å². The van der Waals surface area contributed by atoms with E-state index in [1.54, 1.807) is 12.0 Å². The van der Waals surface area contributed by atoms with E-state index in [9.17, 15) is 9.59 Å². The number of carbonyl (C=O) groups is 2. The van der Waals surface area contributed by atoms with Crippen molar-refractivity contribution in [3.8, 4) is 0 Å². The molecule has 1 saturated heterocycles. The molecule has 1 fully saturated rings. The maximum Gasteiger partial charge on any atom is 0.327 e. The number of nitrogens with zero attached hydrogens (tertiary/aromatic N) is 2. The van der Waals surface area contributed by atoms with Gasteiger partial charge in [0.1, 0.15) is 6.04 Å². The molecule has 1 heterocycles. The van der Waals surface area contributed by atoms with Crippen molar-refractivity contribution in [2.24, 2.45) is 0 Å². The van der Waals surface area contributed by atoms with Gasteiger partial charge < -0.3 is 19.6 Å². The molecular formula is C11H20N2O4S. The molecule has 0 aromatic rings. The number of carboxylic acid groups (broad SMARTS) is 1. The first-order valence-corrected chi connectivity index (χ1v) is 7.05. The summed E-state index contributed by atoms with van der Waals surface area (Å²) in [5.41, 5.74) is 0. The van der Waals surface area contributed by atoms with Gasteiger partial charge in [0.2, 0.25) is 0 Å². The molecule has 1 aliphatic rings. The molecule has 0 aliphatic carbocycles. The molecule has 0 saturated carbocycles. The first-order chi connectivity index (χ1) is 8.52. The van der Waals surface area contributed by atoms with Crippen LogP contribution >= 0.6 is 11.8 Å². The van der Waals surface area contributed by atoms with Crippen LogP contribution in [0.3, 0.4) is 0 Å². The number of ether oxygens (including phenoxy) is 1. The van der Waals surface area contributed by atoms with E-state index in [0.717, 1.165) is 0 Å². The minimum absolute atomic E-state index is 0.0625. The lowest BCUT2D eigenvalue weighted by Crippen LogP contribution is -2.52. The van der Waals surface area contributed by atoms with Crippen molar-refractivity contribution in [3.05, 3.63) is 0 Å². The number of carboxylic acids is 1. The van der Waals surface area contributed by atoms with Gasteiger partial charge in [-0.1, -0.05) is 0 Å². The number of amides is 2. The number of urea groups is 1. The molecule has 2 unspecified atom stereocenters. The second-order valence-corrected chi connectivity index (χ2v) is 5.20. The highest BCUT2D eigenvalue weighted by Gasteiger charge is 2.37. The third-order valence-corrected chi connectivity index (χ3v) is 3.95. The predicted molar refractivity (Wildman–Crippen MR) is 69.7 cm³/mol. The number of methoxy groups -OCH3 is 1. The number of thioether (sulfide) groups is 1. The first-order valence-electron chi connectivity index (χ1n) is 5.89. The van der Waals surface area contributed by atoms with Gasteiger partial charge in [-0.2, -0.15) is 0 Å². The first kappa shape index (κ1) is 15.1. The lowest BCUT2D eigenvalue weighted by molar-refractivity contribution is -0.141. The molecule has 1 N–H and O–H groups in total. The summed E-state index contributed by atoms with van der Waals surface area (Å²) in [5.74, 6) is -0.0488. The smallest absolute Gasteiger partial charge is 0.327 e. The molecule has 7 heteroatoms. The van der Waals surface area contributed by atoms with Crippen LogP contribution < -0.4 is 0 Å². The van der Waals surface area contributed by atoms with E-state index in [1.807, 2.05) is 13.8 Å². The number of carbonyl (C=O) groups excluding carboxylic acids is 1. The molecule has 0 bridgehead atoms. The minimum Gasteiger partial charge on any atom is -0.480 e. The average Bonchev–Trinajstić information content (AvgIpc) is 2.79. The zero-order chi connectivity index (χ0) is 13.7. The van der Waals surface area contributed by atoms with Gasteiger partial charge in [-0.3, -0.25) is 0 Å². The Hall–Kier alpha value is -0.950. The standard InChI is InChI=1S/C11H20N2O4S/c1-4-12(8(2)5-17-3)11(16)13-7-18-6-9(13)10(14)15/h8-9H,4-7H2,1-3H3,(H,14,15). The SMILES string of the molecule is CCN(C(=O)N1CSCC1C(=O)O)C(C)COC. The van der Waals surface area contributed by atoms with Gasteiger partial charge in [-0.05, 0) is 13.8 Å². The van der Waals surface area contributed by atoms with Gasteiger partial charge in [0.05, 0.1) is 18.5 Å². The molecule has 18 heavy (non-hydrogen) atoms. The van der Waals surface area contributed by atoms with Crippen molar-refractivity contribution in [1.29, 1.82) is 0 Å². The highest BCUT2D eigenvalue weighted by atomic mass is 32.2. The Balaban J connectivity index is 2.74. The summed E-state index contributed by atoms with van der Waals surface area (Å²) in [7, 11) is 1.58. The largest absolute Gasteiger partial charge is 0.480 e. The van der Waals surface area contributed by atoms with Gasteiger partial charge in [-0.15, -0.1) is 11.8 Å². The average molecular weight is 276 g/mol. The Bertz CT molecular complexity index is 313. The van der Waals surface area contributed by atoms with E-state index in [1.165, 1.54) is 16.7 Å². The summed E-state index contributed by atoms with van der Waals surface area (Å²) in [6, 6.07) is -1.00. The molecule has 0 radical (unpaired) electrons. The molecule has 104 valence electrons. The van der Waals surface area contributed by atoms with Gasteiger partial charge in [0.25, 0.3) is 0 Å². The molecule has 0 aromatic heterocycles. The third kappa shape index (κ3) is 3.29. The molecule has 1 aliphatic heterocycles. The van der Waals surface area contributed by atoms with E-state index in [4.69, 9.17) is 9.84 Å². The van der Waals surface area contributed by atoms with Gasteiger partial charge >= 0.3 is 12.0 Å². The Kier molecular flexibility index (Phi) is 5.74. The summed E-state index contributed by atoms with van der Waals surface area (Å²) in [6.07, 6.45) is 0. The van der Waals surface area contributed by atoms with E-state index in [-0.39, 0.29) is 12.1 Å². The Morgan fingerprint density at radius 3 is 2.78 bits per heavy atom. The molecule has 0 spiro atoms. The molecular weight excluding hydrogens is 256 g/mol. The topological polar surface area (TPSA) is 70.1 Å². The molecule has 2 amide bonds. The number of hydrogen-bond acceptors (Lipinski definition) is 4. The van der Waals surface area contributed by atoms with Crippen molar-refractivity contribution in [3.63, 3.8) is 0 Å². The lowest BCUT2D eigenvalue weighted by Gasteiger charge is -2.33. The summed E-state index contributed by atoms with van der Waals surface area (Å²) in [4.78, 5) is 26.5. The van der Waals surface area contributed by atoms with Crippen molar-refractivity contribution >= 4 is 23.8 Å². The zero-order valence-corrected chi connectivity index (χ0v) is 11.8. The minimum atomic E-state index is -0.941. The fraction of sp³-hybridized carbons (Fsp3) is 0.818. The summed E-state index contributed by atoms with van der Waals surface area (Å²) < 4.78 is 5.04. The maximum absolute atomic E-state index is 12.3. The van der Waals surface area contributed by atoms with Crippen LogP contribution in [0.1, 0.15) is 13.8 Å². The number of aliphatic carboxylic acids is 1. The quantitative estimate of drug-likeness (QED) is 0.808. The maximum atomic E-state index is 12.3. The predicted octanol–water partition coefficient (Wildman–Crippen LogP) is 0.923. The number of hydrogen-bond donors (Lipinski definition) is 1. The summed E-state index contributed by atoms with van der Waals surface area (Å²) in [6.45, 7) is 4.75. The molecule has 0 aromatic carbocycles. The Labute approximate surface area is 111 Å². The number of likely N-dealkylation sites (N-methyl/N-ethyl adjacent to an activating group) is 1. The zero-order valence-electron chi connectivity index (χ0n) is 11.0. The summed E-state index contributed by atoms with van der Waals surface area (Å²) >= 11 is 1.47. The fourth-order valence-electron chi connectivity index (χ4n) is 1.97. The summed E-state index contributed by atoms with van der Waals surface area (Å²) in [5, 5.41) is 9.08. The van der Waals surface area contributed by atoms with Crippen LogP contribution in [0.2, 0.25) is 0 Å². The van der Waals surface area contributed by atoms with Crippen LogP contribution in [0.4, 0.5) is 4.79 Å². The molecule has 1 rings (SSSR count). The Morgan fingerprint density at radius 1 is 1.61 bits per heavy atom. The van der Waals surface area contributed by atoms with Crippen molar-refractivity contribution < 1.29 is 19.4 Å². The highest BCUT2D eigenvalue weighted by Crippen LogP contribution is 2.23. The second kappa shape index (κ2) is 6.84. The van der Waals surface area contributed by atoms with E-state index in [0.29, 0.717) is 24.8 Å². The molecule has 2 atom stereocenters. The van der Waals surface area contributed by atoms with E-state index < -0.39 is 12.0 Å². The van der Waals surface area contributed by atoms with Crippen LogP contribution in [-0.2, 0) is 9.53 Å². The fourth-order valence-corrected chi connectivity index (χ4v) is 3.11. The monoisotopic (exact) mass is 276 g/mol. The van der Waals surface area contributed by atoms with Crippen LogP contribution in [0.15, 0.2) is 0 Å². The van der Waals surface area contributed by atoms with Gasteiger partial charge in [-0.25, -0.2) is 9.59 Å². The third-order valence-electron chi connectivity index (χ3n) is 2.94. The highest BCUT2D eigenvalue weighted by molar-refractivity contribution is 7.99. The molecule has 6 nitrogen and oxygen atoms in total. The van der Waals surface area contributed by atoms with Crippen molar-refractivity contribution in [1.82, 2.24) is 9.80 Å². The van der Waals surface area contributed by atoms with Crippen LogP contribution in [0.25, 0.3) is 0 Å². The van der Waals surface area contributed by atoms with Crippen LogP contribution in [0.5, 0.6) is 0 Å². The van der Waals surface area contributed by atoms with Gasteiger partial charge in [0, 0.05) is 19.4 Å². The normalized spacial score (nSPS) is 20.8. The van der Waals surface area contributed by atoms with E-state index in [2.05, 4.69) is 0 Å². The lowest BCUT2D eigenvalue weighted by atomic mass is 10.3. The van der Waals surface area contributed by atoms with Gasteiger partial charge in [0.15, 0.2) is 0 Å². The van der Waals surface area contributed by atoms with Crippen LogP contribution in [0, 0.1) is 0 Å². The van der Waals surface area contributed by atoms with E-state index >= 15 is 0 Å². The Morgan fingerprint density at radius 2 is 2.28 bits per heavy atom. The second-order valence-electron chi connectivity index (χ2n) is 4.20. The number of rotatable bonds is 5. The van der Waals surface area contributed by atoms with Crippen LogP contribution in [-0.4, -0.2) is 70.9 Å². The van der Waals surface area contributed by atoms with Crippen molar-refractivity contribution in [2.75, 3.05) is 31.9 Å².